The van der Waals surface area contributed by atoms with Gasteiger partial charge in [-0.25, -0.2) is 4.79 Å². The molecule has 0 saturated carbocycles. The van der Waals surface area contributed by atoms with Crippen LogP contribution in [0.25, 0.3) is 11.1 Å². The predicted molar refractivity (Wildman–Crippen MR) is 145 cm³/mol. The molecule has 0 saturated heterocycles. The van der Waals surface area contributed by atoms with Crippen molar-refractivity contribution in [2.75, 3.05) is 32.1 Å². The summed E-state index contributed by atoms with van der Waals surface area (Å²) in [6.07, 6.45) is -0.383. The van der Waals surface area contributed by atoms with Crippen LogP contribution in [0, 0.1) is 19.8 Å². The van der Waals surface area contributed by atoms with Crippen LogP contribution in [0.2, 0.25) is 0 Å². The van der Waals surface area contributed by atoms with Crippen LogP contribution < -0.4 is 5.32 Å². The predicted octanol–water partition coefficient (Wildman–Crippen LogP) is 4.48. The van der Waals surface area contributed by atoms with Crippen LogP contribution in [-0.4, -0.2) is 70.9 Å². The number of rotatable bonds is 5. The van der Waals surface area contributed by atoms with E-state index in [2.05, 4.69) is 10.5 Å². The second-order valence-electron chi connectivity index (χ2n) is 10.0. The topological polar surface area (TPSA) is 108 Å². The summed E-state index contributed by atoms with van der Waals surface area (Å²) >= 11 is 0. The molecule has 1 aliphatic rings. The summed E-state index contributed by atoms with van der Waals surface area (Å²) in [6.45, 7) is 8.16. The maximum Gasteiger partial charge on any atom is 0.321 e. The van der Waals surface area contributed by atoms with E-state index in [1.807, 2.05) is 62.4 Å². The lowest BCUT2D eigenvalue weighted by molar-refractivity contribution is -0.0178. The number of benzene rings is 2. The molecule has 3 amide bonds. The third-order valence-electron chi connectivity index (χ3n) is 7.16. The third kappa shape index (κ3) is 5.74. The number of aromatic nitrogens is 1. The van der Waals surface area contributed by atoms with E-state index < -0.39 is 6.04 Å². The van der Waals surface area contributed by atoms with E-state index in [9.17, 15) is 14.7 Å². The first-order chi connectivity index (χ1) is 18.2. The first-order valence-electron chi connectivity index (χ1n) is 12.9. The fraction of sp³-hybridized carbons (Fsp3) is 0.414. The monoisotopic (exact) mass is 520 g/mol. The van der Waals surface area contributed by atoms with E-state index in [1.54, 1.807) is 30.7 Å². The standard InChI is InChI=1S/C29H36N4O5/c1-18-14-33(19(2)16-34)28(35)25-13-9-8-12-24(25)23-11-7-6-10-22(23)17-37-26(18)15-32(5)29(36)30-27-20(3)31-38-21(27)4/h6-13,18-19,26,34H,14-17H2,1-5H3,(H,30,36)/t18-,19-,26-/m1/s1. The van der Waals surface area contributed by atoms with E-state index in [-0.39, 0.29) is 30.6 Å². The van der Waals surface area contributed by atoms with Gasteiger partial charge in [-0.05, 0) is 43.5 Å². The molecule has 38 heavy (non-hydrogen) atoms. The molecule has 3 aromatic rings. The van der Waals surface area contributed by atoms with E-state index >= 15 is 0 Å². The highest BCUT2D eigenvalue weighted by Crippen LogP contribution is 2.31. The van der Waals surface area contributed by atoms with Gasteiger partial charge in [0.05, 0.1) is 25.4 Å². The van der Waals surface area contributed by atoms with E-state index in [0.29, 0.717) is 42.4 Å². The van der Waals surface area contributed by atoms with Crippen LogP contribution >= 0.6 is 0 Å². The van der Waals surface area contributed by atoms with Crippen molar-refractivity contribution in [1.29, 1.82) is 0 Å². The first kappa shape index (κ1) is 27.3. The minimum absolute atomic E-state index is 0.139. The highest BCUT2D eigenvalue weighted by atomic mass is 16.5. The van der Waals surface area contributed by atoms with Crippen molar-refractivity contribution in [3.63, 3.8) is 0 Å². The SMILES string of the molecule is Cc1noc(C)c1NC(=O)N(C)C[C@H]1OCc2ccccc2-c2ccccc2C(=O)N([C@H](C)CO)C[C@H]1C. The Balaban J connectivity index is 1.66. The van der Waals surface area contributed by atoms with E-state index in [0.717, 1.165) is 16.7 Å². The number of urea groups is 1. The number of aryl methyl sites for hydroxylation is 2. The molecular formula is C29H36N4O5. The molecule has 0 bridgehead atoms. The molecule has 0 spiro atoms. The van der Waals surface area contributed by atoms with Gasteiger partial charge in [0, 0.05) is 31.6 Å². The van der Waals surface area contributed by atoms with Gasteiger partial charge >= 0.3 is 6.03 Å². The third-order valence-corrected chi connectivity index (χ3v) is 7.16. The van der Waals surface area contributed by atoms with Crippen molar-refractivity contribution in [1.82, 2.24) is 15.0 Å². The Morgan fingerprint density at radius 2 is 1.82 bits per heavy atom. The molecule has 0 aliphatic carbocycles. The van der Waals surface area contributed by atoms with Gasteiger partial charge in [-0.1, -0.05) is 54.5 Å². The average Bonchev–Trinajstić information content (AvgIpc) is 3.24. The van der Waals surface area contributed by atoms with Crippen molar-refractivity contribution >= 4 is 17.6 Å². The molecule has 2 aromatic carbocycles. The number of anilines is 1. The molecule has 0 fully saturated rings. The largest absolute Gasteiger partial charge is 0.394 e. The van der Waals surface area contributed by atoms with Crippen molar-refractivity contribution in [3.05, 3.63) is 71.1 Å². The van der Waals surface area contributed by atoms with E-state index in [4.69, 9.17) is 9.26 Å². The summed E-state index contributed by atoms with van der Waals surface area (Å²) in [5, 5.41) is 16.8. The molecule has 2 N–H and O–H groups in total. The molecule has 3 atom stereocenters. The number of likely N-dealkylation sites (N-methyl/N-ethyl adjacent to an activating group) is 1. The van der Waals surface area contributed by atoms with Crippen LogP contribution in [0.3, 0.4) is 0 Å². The molecule has 1 aliphatic heterocycles. The number of hydrogen-bond acceptors (Lipinski definition) is 6. The van der Waals surface area contributed by atoms with Gasteiger partial charge in [0.15, 0.2) is 5.76 Å². The van der Waals surface area contributed by atoms with Crippen molar-refractivity contribution in [3.8, 4) is 11.1 Å². The number of aliphatic hydroxyl groups excluding tert-OH is 1. The van der Waals surface area contributed by atoms with Crippen LogP contribution in [-0.2, 0) is 11.3 Å². The Hall–Kier alpha value is -3.69. The van der Waals surface area contributed by atoms with Crippen LogP contribution in [0.4, 0.5) is 10.5 Å². The maximum absolute atomic E-state index is 13.9. The molecule has 1 aromatic heterocycles. The Labute approximate surface area is 223 Å². The zero-order valence-electron chi connectivity index (χ0n) is 22.6. The number of hydrogen-bond donors (Lipinski definition) is 2. The summed E-state index contributed by atoms with van der Waals surface area (Å²) in [6, 6.07) is 14.7. The molecule has 9 nitrogen and oxygen atoms in total. The number of fused-ring (bicyclic) bond motifs is 3. The van der Waals surface area contributed by atoms with Gasteiger partial charge in [0.2, 0.25) is 0 Å². The Morgan fingerprint density at radius 3 is 2.47 bits per heavy atom. The molecular weight excluding hydrogens is 484 g/mol. The average molecular weight is 521 g/mol. The fourth-order valence-corrected chi connectivity index (χ4v) is 4.77. The molecule has 2 heterocycles. The smallest absolute Gasteiger partial charge is 0.321 e. The number of aliphatic hydroxyl groups is 1. The Bertz CT molecular complexity index is 1270. The number of carbonyl (C=O) groups excluding carboxylic acids is 2. The van der Waals surface area contributed by atoms with Gasteiger partial charge in [-0.15, -0.1) is 0 Å². The summed E-state index contributed by atoms with van der Waals surface area (Å²) in [5.74, 6) is 0.251. The summed E-state index contributed by atoms with van der Waals surface area (Å²) < 4.78 is 11.6. The second-order valence-corrected chi connectivity index (χ2v) is 10.0. The molecule has 202 valence electrons. The molecule has 0 unspecified atom stereocenters. The van der Waals surface area contributed by atoms with Crippen molar-refractivity contribution in [2.24, 2.45) is 5.92 Å². The summed E-state index contributed by atoms with van der Waals surface area (Å²) in [4.78, 5) is 30.2. The van der Waals surface area contributed by atoms with Gasteiger partial charge in [-0.2, -0.15) is 0 Å². The molecule has 9 heteroatoms. The van der Waals surface area contributed by atoms with Gasteiger partial charge < -0.3 is 29.5 Å². The Morgan fingerprint density at radius 1 is 1.16 bits per heavy atom. The Kier molecular flexibility index (Phi) is 8.48. The minimum atomic E-state index is -0.393. The minimum Gasteiger partial charge on any atom is -0.394 e. The number of nitrogens with one attached hydrogen (secondary N) is 1. The quantitative estimate of drug-likeness (QED) is 0.514. The highest BCUT2D eigenvalue weighted by molar-refractivity contribution is 6.01. The van der Waals surface area contributed by atoms with Gasteiger partial charge in [0.1, 0.15) is 11.4 Å². The lowest BCUT2D eigenvalue weighted by Gasteiger charge is -2.35. The number of ether oxygens (including phenoxy) is 1. The van der Waals surface area contributed by atoms with E-state index in [1.165, 1.54) is 0 Å². The first-order valence-corrected chi connectivity index (χ1v) is 12.9. The van der Waals surface area contributed by atoms with Gasteiger partial charge in [0.25, 0.3) is 5.91 Å². The fourth-order valence-electron chi connectivity index (χ4n) is 4.77. The number of nitrogens with zero attached hydrogens (tertiary/aromatic N) is 3. The number of carbonyl (C=O) groups is 2. The van der Waals surface area contributed by atoms with Crippen molar-refractivity contribution < 1.29 is 24.0 Å². The zero-order valence-corrected chi connectivity index (χ0v) is 22.6. The molecule has 4 rings (SSSR count). The summed E-state index contributed by atoms with van der Waals surface area (Å²) in [5.41, 5.74) is 4.45. The van der Waals surface area contributed by atoms with Crippen LogP contribution in [0.1, 0.15) is 41.2 Å². The molecule has 0 radical (unpaired) electrons. The van der Waals surface area contributed by atoms with Gasteiger partial charge in [-0.3, -0.25) is 4.79 Å². The maximum atomic E-state index is 13.9. The zero-order chi connectivity index (χ0) is 27.4. The lowest BCUT2D eigenvalue weighted by Crippen LogP contribution is -2.48. The second kappa shape index (κ2) is 11.8. The number of amides is 3. The summed E-state index contributed by atoms with van der Waals surface area (Å²) in [7, 11) is 1.71. The van der Waals surface area contributed by atoms with Crippen LogP contribution in [0.5, 0.6) is 0 Å². The normalized spacial score (nSPS) is 18.7. The lowest BCUT2D eigenvalue weighted by atomic mass is 9.94. The van der Waals surface area contributed by atoms with Crippen molar-refractivity contribution in [2.45, 2.75) is 46.4 Å². The van der Waals surface area contributed by atoms with Crippen LogP contribution in [0.15, 0.2) is 53.1 Å². The highest BCUT2D eigenvalue weighted by Gasteiger charge is 2.31.